The van der Waals surface area contributed by atoms with Crippen LogP contribution in [0, 0.1) is 23.7 Å². The van der Waals surface area contributed by atoms with Crippen LogP contribution in [0.15, 0.2) is 28.3 Å². The van der Waals surface area contributed by atoms with Crippen molar-refractivity contribution in [3.8, 4) is 0 Å². The van der Waals surface area contributed by atoms with E-state index in [9.17, 15) is 44.7 Å². The molecule has 0 spiro atoms. The zero-order valence-corrected chi connectivity index (χ0v) is 49.6. The van der Waals surface area contributed by atoms with Crippen LogP contribution in [0.2, 0.25) is 0 Å². The maximum atomic E-state index is 14.6. The predicted molar refractivity (Wildman–Crippen MR) is 293 cm³/mol. The molecular formula is C57H90N4O20. The number of aliphatic hydroxyl groups excluding tert-OH is 2. The fourth-order valence-corrected chi connectivity index (χ4v) is 12.3. The van der Waals surface area contributed by atoms with Crippen LogP contribution >= 0.6 is 0 Å². The lowest BCUT2D eigenvalue weighted by Gasteiger charge is -2.49. The summed E-state index contributed by atoms with van der Waals surface area (Å²) >= 11 is 0. The van der Waals surface area contributed by atoms with Gasteiger partial charge in [-0.3, -0.25) is 9.59 Å². The van der Waals surface area contributed by atoms with Crippen LogP contribution in [0.1, 0.15) is 123 Å². The monoisotopic (exact) mass is 1150 g/mol. The van der Waals surface area contributed by atoms with Crippen LogP contribution in [0.4, 0.5) is 4.79 Å². The Hall–Kier alpha value is -4.41. The Morgan fingerprint density at radius 1 is 0.951 bits per heavy atom. The summed E-state index contributed by atoms with van der Waals surface area (Å²) in [5, 5.41) is 65.8. The quantitative estimate of drug-likeness (QED) is 0.0500. The number of oxime groups is 1. The molecule has 2 aromatic rings. The third kappa shape index (κ3) is 15.3. The van der Waals surface area contributed by atoms with Gasteiger partial charge in [-0.1, -0.05) is 38.9 Å². The number of cyclic esters (lactones) is 1. The van der Waals surface area contributed by atoms with Gasteiger partial charge in [0, 0.05) is 74.7 Å². The molecule has 6 rings (SSSR count). The first kappa shape index (κ1) is 65.7. The lowest BCUT2D eigenvalue weighted by Crippen LogP contribution is -2.61. The van der Waals surface area contributed by atoms with Crippen molar-refractivity contribution >= 4 is 34.6 Å². The van der Waals surface area contributed by atoms with E-state index in [1.807, 2.05) is 32.0 Å². The van der Waals surface area contributed by atoms with Gasteiger partial charge in [0.05, 0.1) is 66.5 Å². The van der Waals surface area contributed by atoms with Crippen LogP contribution in [0.25, 0.3) is 10.9 Å². The Kier molecular flexibility index (Phi) is 22.7. The number of nitrogens with one attached hydrogen (secondary N) is 1. The van der Waals surface area contributed by atoms with E-state index in [1.54, 1.807) is 66.0 Å². The first-order valence-electron chi connectivity index (χ1n) is 28.2. The highest BCUT2D eigenvalue weighted by molar-refractivity contribution is 5.94. The lowest BCUT2D eigenvalue weighted by molar-refractivity contribution is -0.317. The molecule has 0 radical (unpaired) electrons. The number of carboxylic acids is 1. The molecule has 18 atom stereocenters. The van der Waals surface area contributed by atoms with Gasteiger partial charge in [0.15, 0.2) is 18.7 Å². The van der Waals surface area contributed by atoms with Crippen molar-refractivity contribution in [3.05, 3.63) is 45.2 Å². The van der Waals surface area contributed by atoms with Crippen molar-refractivity contribution in [1.29, 1.82) is 0 Å². The molecule has 81 heavy (non-hydrogen) atoms. The number of hydrogen-bond donors (Lipinski definition) is 6. The first-order chi connectivity index (χ1) is 38.1. The zero-order chi connectivity index (χ0) is 59.9. The SMILES string of the molecule is CC[C@H]1OC(=O)[C@H](C)[C@@H](O[C@H]2C[C@@](C)(OC)[C@@H](OC(=O)NCCOCCCc3cc4c5c(c3)c(=O)c(C(=O)O)cn5COC4)[C@H](C)O2)[C@H](C)[C@@H](OC2O[C@H](C)C[C@H](N(C)C)[C@H]2O)[C@](C)(O)C[C@@H](C)C(=NOCOC)[C@H](C)[C@@H](O)[C@]1(C)O. The molecule has 1 aromatic carbocycles. The van der Waals surface area contributed by atoms with Gasteiger partial charge in [0.25, 0.3) is 0 Å². The number of rotatable bonds is 19. The van der Waals surface area contributed by atoms with E-state index >= 15 is 0 Å². The normalized spacial score (nSPS) is 36.7. The topological polar surface area (TPSA) is 304 Å². The Balaban J connectivity index is 1.18. The number of methoxy groups -OCH3 is 2. The molecule has 458 valence electrons. The number of aromatic carboxylic acids is 1. The number of benzene rings is 1. The van der Waals surface area contributed by atoms with Crippen molar-refractivity contribution in [2.45, 2.75) is 205 Å². The molecule has 3 saturated heterocycles. The highest BCUT2D eigenvalue weighted by atomic mass is 16.7. The van der Waals surface area contributed by atoms with Crippen LogP contribution in [0.5, 0.6) is 0 Å². The van der Waals surface area contributed by atoms with Gasteiger partial charge >= 0.3 is 18.0 Å². The predicted octanol–water partition coefficient (Wildman–Crippen LogP) is 4.08. The van der Waals surface area contributed by atoms with E-state index in [2.05, 4.69) is 10.5 Å². The second kappa shape index (κ2) is 28.0. The van der Waals surface area contributed by atoms with Gasteiger partial charge in [0.2, 0.25) is 12.2 Å². The number of carbonyl (C=O) groups excluding carboxylic acids is 2. The van der Waals surface area contributed by atoms with Crippen molar-refractivity contribution in [2.24, 2.45) is 28.8 Å². The number of aromatic nitrogens is 1. The number of likely N-dealkylation sites (N-methyl/N-ethyl adjacent to an activating group) is 1. The van der Waals surface area contributed by atoms with E-state index in [1.165, 1.54) is 27.3 Å². The van der Waals surface area contributed by atoms with Crippen LogP contribution < -0.4 is 10.7 Å². The summed E-state index contributed by atoms with van der Waals surface area (Å²) in [6, 6.07) is 3.29. The van der Waals surface area contributed by atoms with Gasteiger partial charge in [-0.15, -0.1) is 0 Å². The highest BCUT2D eigenvalue weighted by Crippen LogP contribution is 2.42. The Morgan fingerprint density at radius 3 is 2.32 bits per heavy atom. The molecule has 24 heteroatoms. The lowest BCUT2D eigenvalue weighted by atomic mass is 9.73. The smallest absolute Gasteiger partial charge is 0.407 e. The average molecular weight is 1150 g/mol. The molecule has 4 aliphatic heterocycles. The van der Waals surface area contributed by atoms with E-state index < -0.39 is 119 Å². The number of hydrogen-bond acceptors (Lipinski definition) is 21. The summed E-state index contributed by atoms with van der Waals surface area (Å²) in [6.07, 6.45) is -8.80. The summed E-state index contributed by atoms with van der Waals surface area (Å²) < 4.78 is 62.9. The largest absolute Gasteiger partial charge is 0.477 e. The molecule has 5 heterocycles. The highest BCUT2D eigenvalue weighted by Gasteiger charge is 2.54. The van der Waals surface area contributed by atoms with Crippen molar-refractivity contribution in [1.82, 2.24) is 14.8 Å². The van der Waals surface area contributed by atoms with Crippen molar-refractivity contribution in [2.75, 3.05) is 54.9 Å². The average Bonchev–Trinajstić information content (AvgIpc) is 3.44. The minimum atomic E-state index is -2.02. The van der Waals surface area contributed by atoms with Gasteiger partial charge in [0.1, 0.15) is 35.7 Å². The zero-order valence-electron chi connectivity index (χ0n) is 49.6. The number of nitrogens with zero attached hydrogens (tertiary/aromatic N) is 3. The number of esters is 1. The van der Waals surface area contributed by atoms with E-state index in [0.29, 0.717) is 43.4 Å². The molecule has 6 N–H and O–H groups in total. The second-order valence-electron chi connectivity index (χ2n) is 23.4. The summed E-state index contributed by atoms with van der Waals surface area (Å²) in [4.78, 5) is 60.3. The Morgan fingerprint density at radius 2 is 1.67 bits per heavy atom. The van der Waals surface area contributed by atoms with E-state index in [4.69, 9.17) is 52.2 Å². The van der Waals surface area contributed by atoms with Crippen LogP contribution in [0.3, 0.4) is 0 Å². The summed E-state index contributed by atoms with van der Waals surface area (Å²) in [5.74, 6) is -5.75. The molecule has 24 nitrogen and oxygen atoms in total. The van der Waals surface area contributed by atoms with Crippen LogP contribution in [-0.4, -0.2) is 198 Å². The van der Waals surface area contributed by atoms with Gasteiger partial charge < -0.3 is 92.5 Å². The third-order valence-electron chi connectivity index (χ3n) is 16.7. The summed E-state index contributed by atoms with van der Waals surface area (Å²) in [6.45, 7) is 17.6. The fraction of sp³-hybridized carbons (Fsp3) is 0.772. The molecule has 1 amide bonds. The number of amides is 1. The van der Waals surface area contributed by atoms with E-state index in [0.717, 1.165) is 11.1 Å². The Bertz CT molecular complexity index is 2540. The van der Waals surface area contributed by atoms with E-state index in [-0.39, 0.29) is 69.4 Å². The van der Waals surface area contributed by atoms with Crippen molar-refractivity contribution < 1.29 is 92.1 Å². The minimum absolute atomic E-state index is 0.0223. The van der Waals surface area contributed by atoms with Crippen molar-refractivity contribution in [3.63, 3.8) is 0 Å². The first-order valence-corrected chi connectivity index (χ1v) is 28.2. The number of alkyl carbamates (subject to hydrolysis) is 1. The van der Waals surface area contributed by atoms with Crippen LogP contribution in [-0.2, 0) is 76.8 Å². The molecule has 1 aromatic heterocycles. The number of carbonyl (C=O) groups is 3. The molecule has 3 fully saturated rings. The number of aryl methyl sites for hydroxylation is 1. The third-order valence-corrected chi connectivity index (χ3v) is 16.7. The summed E-state index contributed by atoms with van der Waals surface area (Å²) in [7, 11) is 6.58. The minimum Gasteiger partial charge on any atom is -0.477 e. The van der Waals surface area contributed by atoms with Gasteiger partial charge in [-0.2, -0.15) is 0 Å². The number of pyridine rings is 1. The molecule has 4 aliphatic rings. The van der Waals surface area contributed by atoms with Gasteiger partial charge in [-0.05, 0) is 99.4 Å². The molecule has 1 unspecified atom stereocenters. The number of ether oxygens (including phenoxy) is 10. The molecular weight excluding hydrogens is 1060 g/mol. The number of carboxylic acid groups (broad SMARTS) is 1. The number of aliphatic hydroxyl groups is 4. The maximum Gasteiger partial charge on any atom is 0.407 e. The standard InChI is InChI=1S/C57H90N4O20/c1-15-41-57(10,70)48(64)32(4)43(59-75-29-71-13)30(2)24-55(8,69)49(80-53-46(63)40(60(11)12)21-31(3)76-53)33(5)47(34(6)52(67)78-41)79-42-25-56(9,72-14)50(35(7)77-42)81-54(68)58-18-20-73-19-16-17-36-22-37-27-74-28-61-26-39(51(65)66)45(62)38(23-36)44(37)61/h22-23,26,30-35,40-42,46-50,53,63-64,69-70H,15-21,24-25,27-29H2,1-14H3,(H,58,68)(H,65,66)/t30-,31-,32+,33+,34-,35+,40+,41-,42+,46-,47+,48-,49-,50+,53?,55-,56-,57-/m1/s1. The fourth-order valence-electron chi connectivity index (χ4n) is 12.3. The maximum absolute atomic E-state index is 14.6. The summed E-state index contributed by atoms with van der Waals surface area (Å²) in [5.41, 5.74) is -3.38. The van der Waals surface area contributed by atoms with Gasteiger partial charge in [-0.25, -0.2) is 9.59 Å². The molecule has 0 bridgehead atoms. The second-order valence-corrected chi connectivity index (χ2v) is 23.4. The molecule has 0 aliphatic carbocycles. The Labute approximate surface area is 474 Å². The molecule has 0 saturated carbocycles.